The van der Waals surface area contributed by atoms with Crippen molar-refractivity contribution >= 4 is 15.9 Å². The number of hydrogen-bond acceptors (Lipinski definition) is 0. The van der Waals surface area contributed by atoms with E-state index in [1.165, 1.54) is 30.4 Å². The lowest BCUT2D eigenvalue weighted by molar-refractivity contribution is 0.719. The van der Waals surface area contributed by atoms with Crippen LogP contribution >= 0.6 is 15.9 Å². The van der Waals surface area contributed by atoms with Crippen LogP contribution in [0.1, 0.15) is 41.9 Å². The summed E-state index contributed by atoms with van der Waals surface area (Å²) in [7, 11) is 0. The zero-order valence-corrected chi connectivity index (χ0v) is 10.5. The molecule has 0 spiro atoms. The van der Waals surface area contributed by atoms with Gasteiger partial charge in [0, 0.05) is 4.83 Å². The highest BCUT2D eigenvalue weighted by molar-refractivity contribution is 9.09. The lowest BCUT2D eigenvalue weighted by Gasteiger charge is -2.14. The van der Waals surface area contributed by atoms with Gasteiger partial charge in [-0.05, 0) is 55.7 Å². The molecule has 2 rings (SSSR count). The summed E-state index contributed by atoms with van der Waals surface area (Å²) in [6, 6.07) is 6.71. The minimum atomic E-state index is 0.743. The van der Waals surface area contributed by atoms with Gasteiger partial charge < -0.3 is 0 Å². The van der Waals surface area contributed by atoms with E-state index in [9.17, 15) is 0 Å². The first kappa shape index (κ1) is 10.2. The fourth-order valence-electron chi connectivity index (χ4n) is 2.42. The van der Waals surface area contributed by atoms with Crippen LogP contribution in [0.2, 0.25) is 0 Å². The number of rotatable bonds is 1. The van der Waals surface area contributed by atoms with E-state index in [1.807, 2.05) is 0 Å². The lowest BCUT2D eigenvalue weighted by Crippen LogP contribution is -1.98. The van der Waals surface area contributed by atoms with Gasteiger partial charge in [0.15, 0.2) is 0 Å². The Hall–Kier alpha value is -0.300. The molecular weight excluding hydrogens is 236 g/mol. The van der Waals surface area contributed by atoms with E-state index < -0.39 is 0 Å². The third-order valence-corrected chi connectivity index (χ3v) is 4.29. The molecule has 2 unspecified atom stereocenters. The molecule has 0 nitrogen and oxygen atoms in total. The molecule has 0 bridgehead atoms. The zero-order chi connectivity index (χ0) is 10.1. The third-order valence-electron chi connectivity index (χ3n) is 3.45. The number of halogens is 1. The second kappa shape index (κ2) is 4.06. The van der Waals surface area contributed by atoms with E-state index in [0.717, 1.165) is 10.7 Å². The van der Waals surface area contributed by atoms with Gasteiger partial charge in [0.25, 0.3) is 0 Å². The summed E-state index contributed by atoms with van der Waals surface area (Å²) in [6.45, 7) is 4.46. The summed E-state index contributed by atoms with van der Waals surface area (Å²) < 4.78 is 0. The van der Waals surface area contributed by atoms with Crippen molar-refractivity contribution in [1.29, 1.82) is 0 Å². The number of aryl methyl sites for hydroxylation is 1. The molecule has 1 aliphatic carbocycles. The molecule has 1 fully saturated rings. The average Bonchev–Trinajstić information content (AvgIpc) is 2.57. The van der Waals surface area contributed by atoms with Crippen molar-refractivity contribution in [1.82, 2.24) is 0 Å². The number of benzene rings is 1. The Kier molecular flexibility index (Phi) is 2.96. The Morgan fingerprint density at radius 2 is 2.00 bits per heavy atom. The Balaban J connectivity index is 2.28. The summed E-state index contributed by atoms with van der Waals surface area (Å²) in [5, 5.41) is 0. The highest BCUT2D eigenvalue weighted by Crippen LogP contribution is 2.39. The first-order chi connectivity index (χ1) is 6.68. The first-order valence-electron chi connectivity index (χ1n) is 5.38. The van der Waals surface area contributed by atoms with Crippen LogP contribution in [0, 0.1) is 13.8 Å². The fraction of sp³-hybridized carbons (Fsp3) is 0.538. The Morgan fingerprint density at radius 1 is 1.21 bits per heavy atom. The molecule has 1 aromatic carbocycles. The van der Waals surface area contributed by atoms with Crippen molar-refractivity contribution in [3.63, 3.8) is 0 Å². The van der Waals surface area contributed by atoms with E-state index in [4.69, 9.17) is 0 Å². The lowest BCUT2D eigenvalue weighted by atomic mass is 9.91. The Bertz CT molecular complexity index is 330. The average molecular weight is 253 g/mol. The summed E-state index contributed by atoms with van der Waals surface area (Å²) in [5.74, 6) is 0.791. The zero-order valence-electron chi connectivity index (χ0n) is 8.89. The molecular formula is C13H17Br. The van der Waals surface area contributed by atoms with Crippen molar-refractivity contribution < 1.29 is 0 Å². The molecule has 0 heterocycles. The van der Waals surface area contributed by atoms with E-state index in [-0.39, 0.29) is 0 Å². The predicted molar refractivity (Wildman–Crippen MR) is 65.2 cm³/mol. The monoisotopic (exact) mass is 252 g/mol. The van der Waals surface area contributed by atoms with Crippen molar-refractivity contribution in [3.05, 3.63) is 34.9 Å². The maximum Gasteiger partial charge on any atom is 0.0151 e. The minimum absolute atomic E-state index is 0.743. The molecule has 0 saturated heterocycles. The molecule has 2 atom stereocenters. The van der Waals surface area contributed by atoms with Gasteiger partial charge in [-0.15, -0.1) is 0 Å². The van der Waals surface area contributed by atoms with Crippen molar-refractivity contribution in [2.75, 3.05) is 0 Å². The topological polar surface area (TPSA) is 0 Å². The minimum Gasteiger partial charge on any atom is -0.0890 e. The molecule has 0 N–H and O–H groups in total. The molecule has 14 heavy (non-hydrogen) atoms. The van der Waals surface area contributed by atoms with Crippen LogP contribution in [0.25, 0.3) is 0 Å². The Labute approximate surface area is 94.8 Å². The predicted octanol–water partition coefficient (Wildman–Crippen LogP) is 4.33. The van der Waals surface area contributed by atoms with Crippen LogP contribution in [-0.2, 0) is 0 Å². The molecule has 1 aliphatic rings. The van der Waals surface area contributed by atoms with Crippen LogP contribution in [-0.4, -0.2) is 4.83 Å². The van der Waals surface area contributed by atoms with E-state index in [1.54, 1.807) is 5.56 Å². The van der Waals surface area contributed by atoms with Gasteiger partial charge >= 0.3 is 0 Å². The highest BCUT2D eigenvalue weighted by Gasteiger charge is 2.24. The van der Waals surface area contributed by atoms with E-state index in [2.05, 4.69) is 48.0 Å². The van der Waals surface area contributed by atoms with Crippen LogP contribution in [0.4, 0.5) is 0 Å². The quantitative estimate of drug-likeness (QED) is 0.653. The molecule has 1 aromatic rings. The molecule has 0 radical (unpaired) electrons. The summed E-state index contributed by atoms with van der Waals surface area (Å²) in [4.78, 5) is 0.743. The summed E-state index contributed by atoms with van der Waals surface area (Å²) >= 11 is 3.72. The molecule has 1 heteroatoms. The summed E-state index contributed by atoms with van der Waals surface area (Å²) in [6.07, 6.45) is 3.99. The maximum absolute atomic E-state index is 3.72. The van der Waals surface area contributed by atoms with Gasteiger partial charge in [0.1, 0.15) is 0 Å². The SMILES string of the molecule is Cc1cccc(C2CCC(Br)C2)c1C. The van der Waals surface area contributed by atoms with Gasteiger partial charge in [-0.3, -0.25) is 0 Å². The second-order valence-corrected chi connectivity index (χ2v) is 5.69. The molecule has 76 valence electrons. The summed E-state index contributed by atoms with van der Waals surface area (Å²) in [5.41, 5.74) is 4.51. The molecule has 0 amide bonds. The van der Waals surface area contributed by atoms with Crippen LogP contribution in [0.3, 0.4) is 0 Å². The van der Waals surface area contributed by atoms with E-state index >= 15 is 0 Å². The van der Waals surface area contributed by atoms with Crippen LogP contribution < -0.4 is 0 Å². The molecule has 1 saturated carbocycles. The van der Waals surface area contributed by atoms with Crippen LogP contribution in [0.5, 0.6) is 0 Å². The highest BCUT2D eigenvalue weighted by atomic mass is 79.9. The van der Waals surface area contributed by atoms with Gasteiger partial charge in [-0.2, -0.15) is 0 Å². The van der Waals surface area contributed by atoms with Crippen molar-refractivity contribution in [3.8, 4) is 0 Å². The van der Waals surface area contributed by atoms with Crippen LogP contribution in [0.15, 0.2) is 18.2 Å². The van der Waals surface area contributed by atoms with Gasteiger partial charge in [-0.25, -0.2) is 0 Å². The smallest absolute Gasteiger partial charge is 0.0151 e. The molecule has 0 aliphatic heterocycles. The van der Waals surface area contributed by atoms with Gasteiger partial charge in [0.2, 0.25) is 0 Å². The number of hydrogen-bond donors (Lipinski definition) is 0. The fourth-order valence-corrected chi connectivity index (χ4v) is 3.14. The second-order valence-electron chi connectivity index (χ2n) is 4.40. The van der Waals surface area contributed by atoms with Gasteiger partial charge in [0.05, 0.1) is 0 Å². The third kappa shape index (κ3) is 1.88. The first-order valence-corrected chi connectivity index (χ1v) is 6.30. The maximum atomic E-state index is 3.72. The largest absolute Gasteiger partial charge is 0.0890 e. The van der Waals surface area contributed by atoms with Crippen molar-refractivity contribution in [2.45, 2.75) is 43.9 Å². The molecule has 0 aromatic heterocycles. The normalized spacial score (nSPS) is 26.8. The standard InChI is InChI=1S/C13H17Br/c1-9-4-3-5-13(10(9)2)11-6-7-12(14)8-11/h3-5,11-12H,6-8H2,1-2H3. The number of alkyl halides is 1. The van der Waals surface area contributed by atoms with Gasteiger partial charge in [-0.1, -0.05) is 34.1 Å². The Morgan fingerprint density at radius 3 is 2.64 bits per heavy atom. The van der Waals surface area contributed by atoms with Crippen molar-refractivity contribution in [2.24, 2.45) is 0 Å². The van der Waals surface area contributed by atoms with E-state index in [0.29, 0.717) is 0 Å².